The molecule has 2 fully saturated rings. The van der Waals surface area contributed by atoms with E-state index in [1.807, 2.05) is 4.68 Å². The number of carbonyl (C=O) groups is 1. The summed E-state index contributed by atoms with van der Waals surface area (Å²) in [5, 5.41) is 7.48. The molecule has 1 N–H and O–H groups in total. The number of nitrogens with one attached hydrogen (secondary N) is 1. The fourth-order valence-corrected chi connectivity index (χ4v) is 4.29. The minimum Gasteiger partial charge on any atom is -0.352 e. The van der Waals surface area contributed by atoms with Crippen molar-refractivity contribution in [2.75, 3.05) is 0 Å². The smallest absolute Gasteiger partial charge is 0.231 e. The van der Waals surface area contributed by atoms with Crippen molar-refractivity contribution in [3.05, 3.63) is 12.2 Å². The maximum absolute atomic E-state index is 12.5. The summed E-state index contributed by atoms with van der Waals surface area (Å²) in [5.74, 6) is 2.55. The highest BCUT2D eigenvalue weighted by Gasteiger charge is 2.44. The number of fused-ring (bicyclic) bond motifs is 1. The molecule has 4 rings (SSSR count). The molecule has 1 aromatic rings. The normalized spacial score (nSPS) is 32.5. The second-order valence-corrected chi connectivity index (χ2v) is 6.95. The zero-order chi connectivity index (χ0) is 14.2. The summed E-state index contributed by atoms with van der Waals surface area (Å²) in [6.45, 7) is 0.896. The highest BCUT2D eigenvalue weighted by Crippen LogP contribution is 2.44. The SMILES string of the molecule is O=C(N[C@@H]1C[C@H]1C1CCCCC1)C1CCCn2ncnc21. The summed E-state index contributed by atoms with van der Waals surface area (Å²) < 4.78 is 1.89. The lowest BCUT2D eigenvalue weighted by molar-refractivity contribution is -0.123. The van der Waals surface area contributed by atoms with Crippen molar-refractivity contribution in [2.45, 2.75) is 69.9 Å². The Balaban J connectivity index is 1.35. The van der Waals surface area contributed by atoms with Gasteiger partial charge < -0.3 is 5.32 Å². The first-order chi connectivity index (χ1) is 10.3. The van der Waals surface area contributed by atoms with Crippen LogP contribution in [-0.4, -0.2) is 26.7 Å². The number of hydrogen-bond acceptors (Lipinski definition) is 3. The van der Waals surface area contributed by atoms with Crippen LogP contribution >= 0.6 is 0 Å². The fourth-order valence-electron chi connectivity index (χ4n) is 4.29. The highest BCUT2D eigenvalue weighted by molar-refractivity contribution is 5.83. The second-order valence-electron chi connectivity index (χ2n) is 6.95. The van der Waals surface area contributed by atoms with Gasteiger partial charge in [0.05, 0.1) is 5.92 Å². The molecule has 5 nitrogen and oxygen atoms in total. The topological polar surface area (TPSA) is 59.8 Å². The molecule has 2 aliphatic carbocycles. The van der Waals surface area contributed by atoms with Crippen molar-refractivity contribution in [3.63, 3.8) is 0 Å². The molecule has 0 bridgehead atoms. The summed E-state index contributed by atoms with van der Waals surface area (Å²) >= 11 is 0. The molecule has 0 saturated heterocycles. The maximum Gasteiger partial charge on any atom is 0.231 e. The molecule has 3 atom stereocenters. The van der Waals surface area contributed by atoms with Crippen LogP contribution < -0.4 is 5.32 Å². The first-order valence-electron chi connectivity index (χ1n) is 8.51. The molecule has 2 heterocycles. The summed E-state index contributed by atoms with van der Waals surface area (Å²) in [7, 11) is 0. The van der Waals surface area contributed by atoms with E-state index >= 15 is 0 Å². The van der Waals surface area contributed by atoms with E-state index in [9.17, 15) is 4.79 Å². The van der Waals surface area contributed by atoms with Gasteiger partial charge in [0.2, 0.25) is 5.91 Å². The van der Waals surface area contributed by atoms with Crippen LogP contribution in [0.5, 0.6) is 0 Å². The Hall–Kier alpha value is -1.39. The van der Waals surface area contributed by atoms with Crippen LogP contribution in [0.1, 0.15) is 63.1 Å². The largest absolute Gasteiger partial charge is 0.352 e. The number of carbonyl (C=O) groups excluding carboxylic acids is 1. The van der Waals surface area contributed by atoms with Gasteiger partial charge in [-0.25, -0.2) is 9.67 Å². The Morgan fingerprint density at radius 2 is 2.05 bits per heavy atom. The molecule has 2 saturated carbocycles. The summed E-state index contributed by atoms with van der Waals surface area (Å²) in [4.78, 5) is 16.8. The van der Waals surface area contributed by atoms with Crippen molar-refractivity contribution in [2.24, 2.45) is 11.8 Å². The number of amides is 1. The summed E-state index contributed by atoms with van der Waals surface area (Å²) in [6, 6.07) is 0.430. The molecular weight excluding hydrogens is 264 g/mol. The Labute approximate surface area is 125 Å². The lowest BCUT2D eigenvalue weighted by atomic mass is 9.85. The van der Waals surface area contributed by atoms with Crippen molar-refractivity contribution in [1.82, 2.24) is 20.1 Å². The predicted molar refractivity (Wildman–Crippen MR) is 78.6 cm³/mol. The van der Waals surface area contributed by atoms with E-state index in [2.05, 4.69) is 15.4 Å². The van der Waals surface area contributed by atoms with Gasteiger partial charge in [0.15, 0.2) is 0 Å². The molecule has 1 unspecified atom stereocenters. The Kier molecular flexibility index (Phi) is 3.43. The van der Waals surface area contributed by atoms with Gasteiger partial charge in [0.25, 0.3) is 0 Å². The number of hydrogen-bond donors (Lipinski definition) is 1. The minimum atomic E-state index is -0.0890. The van der Waals surface area contributed by atoms with E-state index in [4.69, 9.17) is 0 Å². The highest BCUT2D eigenvalue weighted by atomic mass is 16.2. The quantitative estimate of drug-likeness (QED) is 0.928. The van der Waals surface area contributed by atoms with E-state index in [1.165, 1.54) is 38.5 Å². The van der Waals surface area contributed by atoms with Crippen molar-refractivity contribution in [3.8, 4) is 0 Å². The van der Waals surface area contributed by atoms with Gasteiger partial charge in [-0.15, -0.1) is 0 Å². The molecule has 114 valence electrons. The molecular formula is C16H24N4O. The van der Waals surface area contributed by atoms with Gasteiger partial charge in [-0.05, 0) is 31.1 Å². The molecule has 21 heavy (non-hydrogen) atoms. The molecule has 3 aliphatic rings. The molecule has 1 amide bonds. The average Bonchev–Trinajstić information content (AvgIpc) is 3.11. The van der Waals surface area contributed by atoms with E-state index < -0.39 is 0 Å². The second kappa shape index (κ2) is 5.43. The number of aromatic nitrogens is 3. The lowest BCUT2D eigenvalue weighted by Gasteiger charge is -2.23. The van der Waals surface area contributed by atoms with Crippen LogP contribution in [0.25, 0.3) is 0 Å². The van der Waals surface area contributed by atoms with Crippen molar-refractivity contribution >= 4 is 5.91 Å². The van der Waals surface area contributed by atoms with Crippen LogP contribution in [0.15, 0.2) is 6.33 Å². The fraction of sp³-hybridized carbons (Fsp3) is 0.812. The van der Waals surface area contributed by atoms with Crippen LogP contribution in [-0.2, 0) is 11.3 Å². The monoisotopic (exact) mass is 288 g/mol. The van der Waals surface area contributed by atoms with E-state index in [0.717, 1.165) is 37.0 Å². The standard InChI is InChI=1S/C16H24N4O/c21-16(12-7-4-8-20-15(12)17-10-18-20)19-14-9-13(14)11-5-2-1-3-6-11/h10-14H,1-9H2,(H,19,21)/t12?,13-,14+/m0/s1. The van der Waals surface area contributed by atoms with E-state index in [-0.39, 0.29) is 11.8 Å². The lowest BCUT2D eigenvalue weighted by Crippen LogP contribution is -2.35. The minimum absolute atomic E-state index is 0.0890. The third kappa shape index (κ3) is 2.58. The van der Waals surface area contributed by atoms with Gasteiger partial charge in [-0.2, -0.15) is 5.10 Å². The van der Waals surface area contributed by atoms with Crippen LogP contribution in [0.2, 0.25) is 0 Å². The Morgan fingerprint density at radius 1 is 1.19 bits per heavy atom. The van der Waals surface area contributed by atoms with Crippen LogP contribution in [0.4, 0.5) is 0 Å². The van der Waals surface area contributed by atoms with Gasteiger partial charge in [0, 0.05) is 12.6 Å². The predicted octanol–water partition coefficient (Wildman–Crippen LogP) is 2.24. The van der Waals surface area contributed by atoms with Crippen molar-refractivity contribution in [1.29, 1.82) is 0 Å². The van der Waals surface area contributed by atoms with Gasteiger partial charge in [-0.3, -0.25) is 4.79 Å². The Morgan fingerprint density at radius 3 is 2.90 bits per heavy atom. The summed E-state index contributed by atoms with van der Waals surface area (Å²) in [5.41, 5.74) is 0. The first kappa shape index (κ1) is 13.3. The van der Waals surface area contributed by atoms with Gasteiger partial charge in [-0.1, -0.05) is 32.1 Å². The van der Waals surface area contributed by atoms with Crippen LogP contribution in [0.3, 0.4) is 0 Å². The first-order valence-corrected chi connectivity index (χ1v) is 8.51. The van der Waals surface area contributed by atoms with Crippen molar-refractivity contribution < 1.29 is 4.79 Å². The zero-order valence-corrected chi connectivity index (χ0v) is 12.5. The summed E-state index contributed by atoms with van der Waals surface area (Å²) in [6.07, 6.45) is 11.6. The number of aryl methyl sites for hydroxylation is 1. The molecule has 5 heteroatoms. The molecule has 0 aromatic carbocycles. The maximum atomic E-state index is 12.5. The molecule has 1 aromatic heterocycles. The van der Waals surface area contributed by atoms with Crippen LogP contribution in [0, 0.1) is 11.8 Å². The zero-order valence-electron chi connectivity index (χ0n) is 12.5. The number of nitrogens with zero attached hydrogens (tertiary/aromatic N) is 3. The third-order valence-corrected chi connectivity index (χ3v) is 5.56. The molecule has 0 spiro atoms. The molecule has 0 radical (unpaired) electrons. The Bertz CT molecular complexity index is 520. The van der Waals surface area contributed by atoms with Gasteiger partial charge in [0.1, 0.15) is 12.2 Å². The average molecular weight is 288 g/mol. The van der Waals surface area contributed by atoms with E-state index in [0.29, 0.717) is 6.04 Å². The van der Waals surface area contributed by atoms with E-state index in [1.54, 1.807) is 6.33 Å². The molecule has 1 aliphatic heterocycles. The van der Waals surface area contributed by atoms with Gasteiger partial charge >= 0.3 is 0 Å². The number of rotatable bonds is 3. The third-order valence-electron chi connectivity index (χ3n) is 5.56.